The molecule has 0 radical (unpaired) electrons. The van der Waals surface area contributed by atoms with E-state index in [1.54, 1.807) is 0 Å². The van der Waals surface area contributed by atoms with Crippen molar-refractivity contribution in [3.05, 3.63) is 144 Å². The maximum Gasteiger partial charge on any atom is 0.0677 e. The first-order chi connectivity index (χ1) is 24.7. The molecule has 0 saturated heterocycles. The van der Waals surface area contributed by atoms with E-state index in [9.17, 15) is 0 Å². The maximum absolute atomic E-state index is 7.41. The Bertz CT molecular complexity index is 3550. The Morgan fingerprint density at radius 3 is 0.740 bits per heavy atom. The minimum Gasteiger partial charge on any atom is -0.0827 e. The minimum absolute atomic E-state index is 0.578. The SMILES string of the molecule is Clc1ccc2c(c1Cl)c1c3ccccc3c3c4ccccc4c4c5ccccc5c5c6ccccc6c6c7ccccc7c2c2c6c5c4c3c12. The van der Waals surface area contributed by atoms with Gasteiger partial charge in [0.2, 0.25) is 0 Å². The fourth-order valence-electron chi connectivity index (χ4n) is 10.3. The lowest BCUT2D eigenvalue weighted by Gasteiger charge is -2.28. The van der Waals surface area contributed by atoms with Crippen molar-refractivity contribution in [2.45, 2.75) is 0 Å². The number of benzene rings is 13. The summed E-state index contributed by atoms with van der Waals surface area (Å²) >= 11 is 14.4. The van der Waals surface area contributed by atoms with E-state index in [4.69, 9.17) is 23.2 Å². The van der Waals surface area contributed by atoms with Crippen LogP contribution in [0.1, 0.15) is 0 Å². The number of hydrogen-bond acceptors (Lipinski definition) is 0. The lowest BCUT2D eigenvalue weighted by molar-refractivity contribution is 1.79. The number of fused-ring (bicyclic) bond motifs is 18. The molecule has 0 aromatic heterocycles. The van der Waals surface area contributed by atoms with Gasteiger partial charge >= 0.3 is 0 Å². The van der Waals surface area contributed by atoms with Crippen molar-refractivity contribution in [1.29, 1.82) is 0 Å². The van der Waals surface area contributed by atoms with E-state index in [-0.39, 0.29) is 0 Å². The van der Waals surface area contributed by atoms with Gasteiger partial charge in [-0.1, -0.05) is 151 Å². The standard InChI is InChI=1S/C48H22Cl2/c49-34-22-21-33-39-30-18-8-7-17-29(30)37-26-14-4-2-12-24(26)35-23-11-1-3-13-25(23)36-27-15-5-6-16-28(27)38-31-19-9-10-20-32(31)40(41(33)48(34)50)47-45(38)43(36)42(35)44(37)46(39)47/h1-22H. The van der Waals surface area contributed by atoms with Gasteiger partial charge in [-0.05, 0) is 119 Å². The van der Waals surface area contributed by atoms with E-state index < -0.39 is 0 Å². The van der Waals surface area contributed by atoms with E-state index >= 15 is 0 Å². The highest BCUT2D eigenvalue weighted by molar-refractivity contribution is 6.62. The quantitative estimate of drug-likeness (QED) is 0.111. The van der Waals surface area contributed by atoms with E-state index in [1.165, 1.54) is 118 Å². The van der Waals surface area contributed by atoms with Crippen LogP contribution < -0.4 is 0 Å². The highest BCUT2D eigenvalue weighted by Gasteiger charge is 2.30. The van der Waals surface area contributed by atoms with Crippen LogP contribution in [0.25, 0.3) is 129 Å². The fraction of sp³-hybridized carbons (Fsp3) is 0. The average molecular weight is 670 g/mol. The molecule has 0 fully saturated rings. The Morgan fingerprint density at radius 1 is 0.200 bits per heavy atom. The third kappa shape index (κ3) is 2.75. The number of hydrogen-bond donors (Lipinski definition) is 0. The summed E-state index contributed by atoms with van der Waals surface area (Å²) < 4.78 is 0. The number of halogens is 2. The van der Waals surface area contributed by atoms with Crippen molar-refractivity contribution in [1.82, 2.24) is 0 Å². The second-order valence-corrected chi connectivity index (χ2v) is 14.8. The molecule has 0 heterocycles. The molecule has 0 nitrogen and oxygen atoms in total. The van der Waals surface area contributed by atoms with E-state index in [0.29, 0.717) is 10.0 Å². The Morgan fingerprint density at radius 2 is 0.440 bits per heavy atom. The zero-order valence-corrected chi connectivity index (χ0v) is 28.0. The minimum atomic E-state index is 0.578. The smallest absolute Gasteiger partial charge is 0.0677 e. The van der Waals surface area contributed by atoms with Crippen LogP contribution in [0.5, 0.6) is 0 Å². The van der Waals surface area contributed by atoms with Crippen LogP contribution in [0, 0.1) is 0 Å². The first kappa shape index (κ1) is 26.2. The Balaban J connectivity index is 1.62. The summed E-state index contributed by atoms with van der Waals surface area (Å²) in [5.41, 5.74) is 0. The third-order valence-electron chi connectivity index (χ3n) is 11.9. The molecule has 228 valence electrons. The molecule has 0 aliphatic heterocycles. The molecule has 0 bridgehead atoms. The maximum atomic E-state index is 7.41. The summed E-state index contributed by atoms with van der Waals surface area (Å²) in [4.78, 5) is 0. The lowest BCUT2D eigenvalue weighted by atomic mass is 9.74. The lowest BCUT2D eigenvalue weighted by Crippen LogP contribution is -1.99. The van der Waals surface area contributed by atoms with Gasteiger partial charge in [0.15, 0.2) is 0 Å². The number of rotatable bonds is 0. The highest BCUT2D eigenvalue weighted by atomic mass is 35.5. The molecule has 0 N–H and O–H groups in total. The van der Waals surface area contributed by atoms with Gasteiger partial charge in [0, 0.05) is 16.2 Å². The van der Waals surface area contributed by atoms with Crippen LogP contribution in [0.2, 0.25) is 10.0 Å². The molecule has 13 aromatic rings. The normalized spacial score (nSPS) is 13.0. The van der Waals surface area contributed by atoms with Gasteiger partial charge in [-0.3, -0.25) is 0 Å². The Hall–Kier alpha value is -5.66. The van der Waals surface area contributed by atoms with Crippen molar-refractivity contribution in [3.63, 3.8) is 0 Å². The van der Waals surface area contributed by atoms with Gasteiger partial charge < -0.3 is 0 Å². The van der Waals surface area contributed by atoms with Crippen molar-refractivity contribution in [3.8, 4) is 0 Å². The summed E-state index contributed by atoms with van der Waals surface area (Å²) in [5.74, 6) is 0. The molecule has 50 heavy (non-hydrogen) atoms. The van der Waals surface area contributed by atoms with Gasteiger partial charge in [-0.25, -0.2) is 0 Å². The molecular formula is C48H22Cl2. The van der Waals surface area contributed by atoms with Crippen LogP contribution in [0.3, 0.4) is 0 Å². The second kappa shape index (κ2) is 8.73. The van der Waals surface area contributed by atoms with Crippen LogP contribution in [0.4, 0.5) is 0 Å². The molecule has 0 aliphatic rings. The van der Waals surface area contributed by atoms with Crippen molar-refractivity contribution < 1.29 is 0 Å². The third-order valence-corrected chi connectivity index (χ3v) is 12.7. The molecule has 13 aromatic carbocycles. The molecule has 13 rings (SSSR count). The molecule has 0 aliphatic carbocycles. The molecule has 2 heteroatoms. The van der Waals surface area contributed by atoms with Crippen molar-refractivity contribution >= 4 is 152 Å². The summed E-state index contributed by atoms with van der Waals surface area (Å²) in [5, 5.41) is 31.8. The van der Waals surface area contributed by atoms with Crippen molar-refractivity contribution in [2.24, 2.45) is 0 Å². The molecule has 0 amide bonds. The zero-order chi connectivity index (χ0) is 32.6. The zero-order valence-electron chi connectivity index (χ0n) is 26.5. The predicted octanol–water partition coefficient (Wildman–Crippen LogP) is 15.1. The predicted molar refractivity (Wildman–Crippen MR) is 220 cm³/mol. The van der Waals surface area contributed by atoms with Gasteiger partial charge in [0.05, 0.1) is 10.0 Å². The summed E-state index contributed by atoms with van der Waals surface area (Å²) in [6.07, 6.45) is 0. The van der Waals surface area contributed by atoms with Crippen LogP contribution >= 0.6 is 23.2 Å². The van der Waals surface area contributed by atoms with Gasteiger partial charge in [-0.15, -0.1) is 0 Å². The molecule has 0 spiro atoms. The topological polar surface area (TPSA) is 0 Å². The van der Waals surface area contributed by atoms with Gasteiger partial charge in [-0.2, -0.15) is 0 Å². The fourth-order valence-corrected chi connectivity index (χ4v) is 10.7. The highest BCUT2D eigenvalue weighted by Crippen LogP contribution is 2.60. The summed E-state index contributed by atoms with van der Waals surface area (Å²) in [7, 11) is 0. The molecule has 0 saturated carbocycles. The monoisotopic (exact) mass is 668 g/mol. The van der Waals surface area contributed by atoms with Crippen molar-refractivity contribution in [2.75, 3.05) is 0 Å². The van der Waals surface area contributed by atoms with E-state index in [0.717, 1.165) is 10.8 Å². The molecular weight excluding hydrogens is 647 g/mol. The first-order valence-corrected chi connectivity index (χ1v) is 17.9. The largest absolute Gasteiger partial charge is 0.0827 e. The van der Waals surface area contributed by atoms with Crippen LogP contribution in [0.15, 0.2) is 133 Å². The average Bonchev–Trinajstić information content (AvgIpc) is 3.17. The first-order valence-electron chi connectivity index (χ1n) is 17.2. The van der Waals surface area contributed by atoms with Gasteiger partial charge in [0.1, 0.15) is 0 Å². The van der Waals surface area contributed by atoms with Crippen LogP contribution in [-0.4, -0.2) is 0 Å². The Labute approximate surface area is 294 Å². The van der Waals surface area contributed by atoms with E-state index in [2.05, 4.69) is 127 Å². The van der Waals surface area contributed by atoms with E-state index in [1.807, 2.05) is 6.07 Å². The summed E-state index contributed by atoms with van der Waals surface area (Å²) in [6.45, 7) is 0. The molecule has 0 unspecified atom stereocenters. The van der Waals surface area contributed by atoms with Crippen LogP contribution in [-0.2, 0) is 0 Å². The molecule has 0 atom stereocenters. The summed E-state index contributed by atoms with van der Waals surface area (Å²) in [6, 6.07) is 49.3. The Kier molecular flexibility index (Phi) is 4.58. The second-order valence-electron chi connectivity index (χ2n) is 14.0. The van der Waals surface area contributed by atoms with Gasteiger partial charge in [0.25, 0.3) is 0 Å².